The zero-order chi connectivity index (χ0) is 25.0. The fraction of sp³-hybridized carbons (Fsp3) is 0.300. The van der Waals surface area contributed by atoms with Gasteiger partial charge >= 0.3 is 0 Å². The van der Waals surface area contributed by atoms with E-state index in [0.29, 0.717) is 24.3 Å². The average molecular weight is 493 g/mol. The third-order valence-electron chi connectivity index (χ3n) is 7.33. The lowest BCUT2D eigenvalue weighted by atomic mass is 9.94. The van der Waals surface area contributed by atoms with E-state index in [1.54, 1.807) is 0 Å². The highest BCUT2D eigenvalue weighted by Gasteiger charge is 2.29. The number of fused-ring (bicyclic) bond motifs is 1. The van der Waals surface area contributed by atoms with Crippen LogP contribution in [0.2, 0.25) is 0 Å². The molecule has 4 aromatic rings. The summed E-state index contributed by atoms with van der Waals surface area (Å²) in [7, 11) is 0. The number of aliphatic hydroxyl groups excluding tert-OH is 1. The molecule has 0 amide bonds. The number of aromatic nitrogens is 3. The number of benzene rings is 3. The Morgan fingerprint density at radius 2 is 1.57 bits per heavy atom. The Hall–Kier alpha value is -3.81. The van der Waals surface area contributed by atoms with Crippen LogP contribution < -0.4 is 10.2 Å². The molecule has 0 bridgehead atoms. The van der Waals surface area contributed by atoms with Crippen LogP contribution in [0.25, 0.3) is 11.4 Å². The van der Waals surface area contributed by atoms with Gasteiger partial charge in [0, 0.05) is 37.8 Å². The molecule has 0 saturated carbocycles. The number of hydrogen-bond acceptors (Lipinski definition) is 7. The van der Waals surface area contributed by atoms with E-state index in [1.807, 2.05) is 30.3 Å². The predicted molar refractivity (Wildman–Crippen MR) is 146 cm³/mol. The van der Waals surface area contributed by atoms with E-state index in [2.05, 4.69) is 69.7 Å². The van der Waals surface area contributed by atoms with Gasteiger partial charge in [-0.3, -0.25) is 4.90 Å². The van der Waals surface area contributed by atoms with Crippen LogP contribution >= 0.6 is 0 Å². The first kappa shape index (κ1) is 23.6. The molecule has 1 saturated heterocycles. The summed E-state index contributed by atoms with van der Waals surface area (Å²) in [6.07, 6.45) is 1.80. The molecule has 0 unspecified atom stereocenters. The molecule has 37 heavy (non-hydrogen) atoms. The minimum absolute atomic E-state index is 0.0422. The first-order valence-corrected chi connectivity index (χ1v) is 13.0. The maximum absolute atomic E-state index is 10.3. The van der Waals surface area contributed by atoms with Crippen molar-refractivity contribution in [1.29, 1.82) is 0 Å². The van der Waals surface area contributed by atoms with Crippen molar-refractivity contribution in [3.63, 3.8) is 0 Å². The van der Waals surface area contributed by atoms with Gasteiger partial charge in [0.05, 0.1) is 12.6 Å². The Bertz CT molecular complexity index is 1330. The summed E-state index contributed by atoms with van der Waals surface area (Å²) in [6.45, 7) is 3.62. The summed E-state index contributed by atoms with van der Waals surface area (Å²) < 4.78 is 0. The second kappa shape index (κ2) is 10.7. The highest BCUT2D eigenvalue weighted by atomic mass is 16.3. The van der Waals surface area contributed by atoms with Gasteiger partial charge in [0.2, 0.25) is 11.9 Å². The van der Waals surface area contributed by atoms with E-state index in [9.17, 15) is 5.11 Å². The topological polar surface area (TPSA) is 77.4 Å². The maximum atomic E-state index is 10.3. The smallest absolute Gasteiger partial charge is 0.231 e. The number of aliphatic hydroxyl groups is 1. The van der Waals surface area contributed by atoms with Crippen molar-refractivity contribution in [3.05, 3.63) is 102 Å². The van der Waals surface area contributed by atoms with Crippen LogP contribution in [-0.4, -0.2) is 56.7 Å². The van der Waals surface area contributed by atoms with Crippen LogP contribution in [0.4, 0.5) is 11.9 Å². The van der Waals surface area contributed by atoms with Crippen LogP contribution in [-0.2, 0) is 19.5 Å². The number of rotatable bonds is 7. The Morgan fingerprint density at radius 1 is 0.838 bits per heavy atom. The minimum Gasteiger partial charge on any atom is -0.394 e. The third-order valence-corrected chi connectivity index (χ3v) is 7.33. The van der Waals surface area contributed by atoms with Gasteiger partial charge in [-0.2, -0.15) is 15.0 Å². The molecule has 0 radical (unpaired) electrons. The zero-order valence-corrected chi connectivity index (χ0v) is 20.9. The van der Waals surface area contributed by atoms with Gasteiger partial charge in [-0.05, 0) is 29.5 Å². The molecule has 2 atom stereocenters. The summed E-state index contributed by atoms with van der Waals surface area (Å²) in [6, 6.07) is 29.2. The molecule has 7 heteroatoms. The largest absolute Gasteiger partial charge is 0.394 e. The van der Waals surface area contributed by atoms with Crippen molar-refractivity contribution >= 4 is 11.9 Å². The lowest BCUT2D eigenvalue weighted by molar-refractivity contribution is 0.252. The van der Waals surface area contributed by atoms with Crippen molar-refractivity contribution in [2.75, 3.05) is 29.9 Å². The standard InChI is InChI=1S/C30H32N6O/c37-21-27-17-24-13-7-8-14-25(24)19-36(27)30-33-28(23-11-5-2-6-12-23)32-29(34-30)31-26-15-16-35(20-26)18-22-9-3-1-4-10-22/h1-14,26-27,37H,15-21H2,(H,31,32,33,34)/t26-,27+/m0/s1. The van der Waals surface area contributed by atoms with E-state index in [0.717, 1.165) is 38.0 Å². The van der Waals surface area contributed by atoms with Gasteiger partial charge in [-0.1, -0.05) is 84.9 Å². The van der Waals surface area contributed by atoms with E-state index < -0.39 is 0 Å². The first-order valence-electron chi connectivity index (χ1n) is 13.0. The van der Waals surface area contributed by atoms with Crippen LogP contribution in [0.5, 0.6) is 0 Å². The van der Waals surface area contributed by atoms with E-state index in [-0.39, 0.29) is 18.7 Å². The molecule has 1 aromatic heterocycles. The normalized spacial score (nSPS) is 19.5. The van der Waals surface area contributed by atoms with E-state index in [1.165, 1.54) is 16.7 Å². The second-order valence-corrected chi connectivity index (χ2v) is 9.94. The van der Waals surface area contributed by atoms with E-state index >= 15 is 0 Å². The van der Waals surface area contributed by atoms with Crippen molar-refractivity contribution in [3.8, 4) is 11.4 Å². The summed E-state index contributed by atoms with van der Waals surface area (Å²) in [5.74, 6) is 1.83. The fourth-order valence-electron chi connectivity index (χ4n) is 5.38. The molecule has 2 aliphatic heterocycles. The van der Waals surface area contributed by atoms with Crippen molar-refractivity contribution in [2.45, 2.75) is 38.0 Å². The SMILES string of the molecule is OC[C@H]1Cc2ccccc2CN1c1nc(N[C@H]2CCN(Cc3ccccc3)C2)nc(-c2ccccc2)n1. The molecule has 1 fully saturated rings. The highest BCUT2D eigenvalue weighted by molar-refractivity contribution is 5.59. The molecule has 2 N–H and O–H groups in total. The summed E-state index contributed by atoms with van der Waals surface area (Å²) in [5.41, 5.74) is 4.80. The summed E-state index contributed by atoms with van der Waals surface area (Å²) in [5, 5.41) is 13.9. The first-order chi connectivity index (χ1) is 18.2. The molecule has 3 heterocycles. The van der Waals surface area contributed by atoms with Crippen molar-refractivity contribution in [2.24, 2.45) is 0 Å². The third kappa shape index (κ3) is 5.33. The van der Waals surface area contributed by atoms with Gasteiger partial charge in [0.15, 0.2) is 5.82 Å². The maximum Gasteiger partial charge on any atom is 0.231 e. The van der Waals surface area contributed by atoms with Crippen LogP contribution in [0, 0.1) is 0 Å². The Labute approximate surface area is 217 Å². The Morgan fingerprint density at radius 3 is 2.35 bits per heavy atom. The Balaban J connectivity index is 1.27. The molecular weight excluding hydrogens is 460 g/mol. The summed E-state index contributed by atoms with van der Waals surface area (Å²) >= 11 is 0. The second-order valence-electron chi connectivity index (χ2n) is 9.94. The van der Waals surface area contributed by atoms with Crippen molar-refractivity contribution < 1.29 is 5.11 Å². The number of nitrogens with one attached hydrogen (secondary N) is 1. The highest BCUT2D eigenvalue weighted by Crippen LogP contribution is 2.29. The number of anilines is 2. The quantitative estimate of drug-likeness (QED) is 0.401. The van der Waals surface area contributed by atoms with Crippen LogP contribution in [0.3, 0.4) is 0 Å². The van der Waals surface area contributed by atoms with Crippen LogP contribution in [0.1, 0.15) is 23.1 Å². The Kier molecular flexibility index (Phi) is 6.80. The van der Waals surface area contributed by atoms with Crippen LogP contribution in [0.15, 0.2) is 84.9 Å². The molecule has 2 aliphatic rings. The van der Waals surface area contributed by atoms with Gasteiger partial charge in [-0.15, -0.1) is 0 Å². The number of nitrogens with zero attached hydrogens (tertiary/aromatic N) is 5. The number of hydrogen-bond donors (Lipinski definition) is 2. The fourth-order valence-corrected chi connectivity index (χ4v) is 5.38. The van der Waals surface area contributed by atoms with Crippen molar-refractivity contribution in [1.82, 2.24) is 19.9 Å². The molecule has 3 aromatic carbocycles. The van der Waals surface area contributed by atoms with Gasteiger partial charge < -0.3 is 15.3 Å². The van der Waals surface area contributed by atoms with E-state index in [4.69, 9.17) is 15.0 Å². The van der Waals surface area contributed by atoms with Gasteiger partial charge in [-0.25, -0.2) is 0 Å². The molecule has 7 nitrogen and oxygen atoms in total. The number of likely N-dealkylation sites (tertiary alicyclic amines) is 1. The average Bonchev–Trinajstić information content (AvgIpc) is 3.39. The molecule has 6 rings (SSSR count). The lowest BCUT2D eigenvalue weighted by Crippen LogP contribution is -2.44. The van der Waals surface area contributed by atoms with Gasteiger partial charge in [0.1, 0.15) is 0 Å². The molecular formula is C30H32N6O. The monoisotopic (exact) mass is 492 g/mol. The minimum atomic E-state index is -0.0818. The predicted octanol–water partition coefficient (Wildman–Crippen LogP) is 4.15. The molecule has 188 valence electrons. The summed E-state index contributed by atoms with van der Waals surface area (Å²) in [4.78, 5) is 19.2. The lowest BCUT2D eigenvalue weighted by Gasteiger charge is -2.36. The zero-order valence-electron chi connectivity index (χ0n) is 20.9. The molecule has 0 aliphatic carbocycles. The molecule has 0 spiro atoms. The van der Waals surface area contributed by atoms with Gasteiger partial charge in [0.25, 0.3) is 0 Å².